The van der Waals surface area contributed by atoms with Gasteiger partial charge in [-0.3, -0.25) is 0 Å². The van der Waals surface area contributed by atoms with Gasteiger partial charge in [0.05, 0.1) is 6.54 Å². The van der Waals surface area contributed by atoms with Crippen LogP contribution in [0.3, 0.4) is 0 Å². The van der Waals surface area contributed by atoms with Crippen molar-refractivity contribution in [3.05, 3.63) is 53.5 Å². The number of nitrogens with two attached hydrogens (primary N) is 1. The number of urea groups is 1. The topological polar surface area (TPSA) is 80.3 Å². The first-order chi connectivity index (χ1) is 9.17. The van der Waals surface area contributed by atoms with Gasteiger partial charge in [0.1, 0.15) is 11.5 Å². The molecule has 0 bridgehead atoms. The van der Waals surface area contributed by atoms with Crippen LogP contribution in [0.5, 0.6) is 0 Å². The van der Waals surface area contributed by atoms with Gasteiger partial charge in [-0.15, -0.1) is 0 Å². The molecule has 1 aromatic heterocycles. The van der Waals surface area contributed by atoms with Crippen molar-refractivity contribution >= 4 is 11.7 Å². The molecule has 0 unspecified atom stereocenters. The third-order valence-electron chi connectivity index (χ3n) is 2.64. The molecule has 0 spiro atoms. The van der Waals surface area contributed by atoms with E-state index < -0.39 is 0 Å². The summed E-state index contributed by atoms with van der Waals surface area (Å²) in [5, 5.41) is 5.47. The first kappa shape index (κ1) is 13.2. The number of hydrogen-bond donors (Lipinski definition) is 3. The third kappa shape index (κ3) is 3.86. The zero-order chi connectivity index (χ0) is 13.7. The number of hydrogen-bond acceptors (Lipinski definition) is 3. The fourth-order valence-electron chi connectivity index (χ4n) is 1.70. The Morgan fingerprint density at radius 3 is 2.84 bits per heavy atom. The number of anilines is 1. The van der Waals surface area contributed by atoms with Crippen LogP contribution in [-0.2, 0) is 13.1 Å². The molecule has 0 aliphatic heterocycles. The van der Waals surface area contributed by atoms with Gasteiger partial charge in [0.15, 0.2) is 0 Å². The van der Waals surface area contributed by atoms with E-state index in [1.54, 1.807) is 0 Å². The number of nitrogens with one attached hydrogen (secondary N) is 2. The van der Waals surface area contributed by atoms with Gasteiger partial charge in [-0.1, -0.05) is 12.1 Å². The maximum Gasteiger partial charge on any atom is 0.319 e. The van der Waals surface area contributed by atoms with E-state index in [-0.39, 0.29) is 6.03 Å². The molecular weight excluding hydrogens is 242 g/mol. The minimum absolute atomic E-state index is 0.275. The van der Waals surface area contributed by atoms with Gasteiger partial charge < -0.3 is 20.8 Å². The summed E-state index contributed by atoms with van der Waals surface area (Å²) < 4.78 is 5.36. The standard InChI is InChI=1S/C14H17N3O2/c1-10-5-6-13(19-10)9-16-14(18)17-12-4-2-3-11(7-12)8-15/h2-7H,8-9,15H2,1H3,(H2,16,17,18). The number of amides is 2. The third-order valence-corrected chi connectivity index (χ3v) is 2.64. The number of benzene rings is 1. The Hall–Kier alpha value is -2.27. The van der Waals surface area contributed by atoms with Crippen molar-refractivity contribution in [2.24, 2.45) is 5.73 Å². The average Bonchev–Trinajstić information content (AvgIpc) is 2.82. The molecule has 0 saturated heterocycles. The predicted octanol–water partition coefficient (Wildman–Crippen LogP) is 2.37. The van der Waals surface area contributed by atoms with Crippen LogP contribution in [0.25, 0.3) is 0 Å². The molecule has 1 heterocycles. The number of furan rings is 1. The van der Waals surface area contributed by atoms with Crippen molar-refractivity contribution in [2.75, 3.05) is 5.32 Å². The highest BCUT2D eigenvalue weighted by molar-refractivity contribution is 5.89. The lowest BCUT2D eigenvalue weighted by Crippen LogP contribution is -2.28. The van der Waals surface area contributed by atoms with E-state index in [9.17, 15) is 4.79 Å². The Morgan fingerprint density at radius 1 is 1.32 bits per heavy atom. The minimum atomic E-state index is -0.275. The molecule has 0 saturated carbocycles. The summed E-state index contributed by atoms with van der Waals surface area (Å²) in [5.41, 5.74) is 7.24. The van der Waals surface area contributed by atoms with Crippen molar-refractivity contribution in [2.45, 2.75) is 20.0 Å². The van der Waals surface area contributed by atoms with Crippen molar-refractivity contribution in [1.29, 1.82) is 0 Å². The van der Waals surface area contributed by atoms with Gasteiger partial charge in [-0.25, -0.2) is 4.79 Å². The van der Waals surface area contributed by atoms with E-state index in [0.29, 0.717) is 13.1 Å². The summed E-state index contributed by atoms with van der Waals surface area (Å²) in [4.78, 5) is 11.7. The molecule has 100 valence electrons. The molecule has 0 aliphatic rings. The maximum absolute atomic E-state index is 11.7. The van der Waals surface area contributed by atoms with Gasteiger partial charge in [0.2, 0.25) is 0 Å². The lowest BCUT2D eigenvalue weighted by atomic mass is 10.2. The van der Waals surface area contributed by atoms with E-state index in [2.05, 4.69) is 10.6 Å². The molecule has 4 N–H and O–H groups in total. The van der Waals surface area contributed by atoms with E-state index in [4.69, 9.17) is 10.2 Å². The summed E-state index contributed by atoms with van der Waals surface area (Å²) in [5.74, 6) is 1.55. The number of rotatable bonds is 4. The second kappa shape index (κ2) is 6.06. The molecule has 2 aromatic rings. The summed E-state index contributed by atoms with van der Waals surface area (Å²) in [7, 11) is 0. The maximum atomic E-state index is 11.7. The van der Waals surface area contributed by atoms with Crippen molar-refractivity contribution in [3.8, 4) is 0 Å². The summed E-state index contributed by atoms with van der Waals surface area (Å²) >= 11 is 0. The van der Waals surface area contributed by atoms with Crippen molar-refractivity contribution in [3.63, 3.8) is 0 Å². The Balaban J connectivity index is 1.86. The van der Waals surface area contributed by atoms with Gasteiger partial charge in [0.25, 0.3) is 0 Å². The fourth-order valence-corrected chi connectivity index (χ4v) is 1.70. The molecule has 0 fully saturated rings. The van der Waals surface area contributed by atoms with Crippen molar-refractivity contribution in [1.82, 2.24) is 5.32 Å². The largest absolute Gasteiger partial charge is 0.465 e. The SMILES string of the molecule is Cc1ccc(CNC(=O)Nc2cccc(CN)c2)o1. The molecule has 2 rings (SSSR count). The highest BCUT2D eigenvalue weighted by Gasteiger charge is 2.04. The van der Waals surface area contributed by atoms with E-state index >= 15 is 0 Å². The molecule has 0 aliphatic carbocycles. The first-order valence-corrected chi connectivity index (χ1v) is 6.06. The number of aryl methyl sites for hydroxylation is 1. The van der Waals surface area contributed by atoms with Crippen LogP contribution in [0.15, 0.2) is 40.8 Å². The minimum Gasteiger partial charge on any atom is -0.465 e. The predicted molar refractivity (Wildman–Crippen MR) is 73.6 cm³/mol. The molecular formula is C14H17N3O2. The zero-order valence-corrected chi connectivity index (χ0v) is 10.8. The van der Waals surface area contributed by atoms with Gasteiger partial charge in [-0.05, 0) is 36.8 Å². The molecule has 0 atom stereocenters. The number of carbonyl (C=O) groups is 1. The summed E-state index contributed by atoms with van der Waals surface area (Å²) in [6.07, 6.45) is 0. The van der Waals surface area contributed by atoms with Crippen LogP contribution in [0, 0.1) is 6.92 Å². The number of carbonyl (C=O) groups excluding carboxylic acids is 1. The Morgan fingerprint density at radius 2 is 2.16 bits per heavy atom. The second-order valence-electron chi connectivity index (χ2n) is 4.22. The second-order valence-corrected chi connectivity index (χ2v) is 4.22. The lowest BCUT2D eigenvalue weighted by molar-refractivity contribution is 0.250. The first-order valence-electron chi connectivity index (χ1n) is 6.06. The Bertz CT molecular complexity index is 563. The molecule has 0 radical (unpaired) electrons. The highest BCUT2D eigenvalue weighted by atomic mass is 16.3. The van der Waals surface area contributed by atoms with Crippen LogP contribution in [0.2, 0.25) is 0 Å². The molecule has 5 nitrogen and oxygen atoms in total. The highest BCUT2D eigenvalue weighted by Crippen LogP contribution is 2.10. The Labute approximate surface area is 111 Å². The molecule has 1 aromatic carbocycles. The quantitative estimate of drug-likeness (QED) is 0.788. The average molecular weight is 259 g/mol. The smallest absolute Gasteiger partial charge is 0.319 e. The van der Waals surface area contributed by atoms with Crippen LogP contribution >= 0.6 is 0 Å². The molecule has 5 heteroatoms. The molecule has 2 amide bonds. The Kier molecular flexibility index (Phi) is 4.20. The molecule has 19 heavy (non-hydrogen) atoms. The van der Waals surface area contributed by atoms with Crippen LogP contribution in [0.1, 0.15) is 17.1 Å². The van der Waals surface area contributed by atoms with Gasteiger partial charge in [0, 0.05) is 12.2 Å². The normalized spacial score (nSPS) is 10.2. The fraction of sp³-hybridized carbons (Fsp3) is 0.214. The van der Waals surface area contributed by atoms with Crippen molar-refractivity contribution < 1.29 is 9.21 Å². The van der Waals surface area contributed by atoms with Crippen LogP contribution in [-0.4, -0.2) is 6.03 Å². The lowest BCUT2D eigenvalue weighted by Gasteiger charge is -2.07. The summed E-state index contributed by atoms with van der Waals surface area (Å²) in [6, 6.07) is 10.8. The summed E-state index contributed by atoms with van der Waals surface area (Å²) in [6.45, 7) is 2.67. The van der Waals surface area contributed by atoms with Crippen LogP contribution in [0.4, 0.5) is 10.5 Å². The van der Waals surface area contributed by atoms with E-state index in [1.807, 2.05) is 43.3 Å². The van der Waals surface area contributed by atoms with Crippen LogP contribution < -0.4 is 16.4 Å². The van der Waals surface area contributed by atoms with E-state index in [0.717, 1.165) is 22.8 Å². The van der Waals surface area contributed by atoms with Gasteiger partial charge in [-0.2, -0.15) is 0 Å². The van der Waals surface area contributed by atoms with E-state index in [1.165, 1.54) is 0 Å². The zero-order valence-electron chi connectivity index (χ0n) is 10.8. The monoisotopic (exact) mass is 259 g/mol. The van der Waals surface area contributed by atoms with Gasteiger partial charge >= 0.3 is 6.03 Å².